The molecule has 0 radical (unpaired) electrons. The van der Waals surface area contributed by atoms with Crippen molar-refractivity contribution in [2.45, 2.75) is 13.3 Å². The van der Waals surface area contributed by atoms with Gasteiger partial charge in [-0.05, 0) is 31.0 Å². The van der Waals surface area contributed by atoms with Crippen LogP contribution in [-0.4, -0.2) is 32.3 Å². The minimum absolute atomic E-state index is 0.191. The predicted octanol–water partition coefficient (Wildman–Crippen LogP) is 1.71. The van der Waals surface area contributed by atoms with E-state index in [9.17, 15) is 8.42 Å². The van der Waals surface area contributed by atoms with Crippen molar-refractivity contribution in [2.75, 3.05) is 24.2 Å². The summed E-state index contributed by atoms with van der Waals surface area (Å²) in [5.74, 6) is -0.191. The third kappa shape index (κ3) is 4.63. The van der Waals surface area contributed by atoms with E-state index < -0.39 is 10.1 Å². The maximum atomic E-state index is 10.5. The molecule has 1 rings (SSSR count). The van der Waals surface area contributed by atoms with Gasteiger partial charge in [0, 0.05) is 19.3 Å². The Morgan fingerprint density at radius 2 is 2.06 bits per heavy atom. The fraction of sp³-hybridized carbons (Fsp3) is 0.455. The van der Waals surface area contributed by atoms with Crippen LogP contribution in [-0.2, 0) is 10.1 Å². The summed E-state index contributed by atoms with van der Waals surface area (Å²) in [5, 5.41) is 0. The number of anilines is 1. The summed E-state index contributed by atoms with van der Waals surface area (Å²) < 4.78 is 29.7. The lowest BCUT2D eigenvalue weighted by atomic mass is 10.2. The van der Waals surface area contributed by atoms with Gasteiger partial charge in [-0.25, -0.2) is 0 Å². The van der Waals surface area contributed by atoms with Gasteiger partial charge in [0.25, 0.3) is 10.1 Å². The molecule has 1 aromatic rings. The van der Waals surface area contributed by atoms with Crippen molar-refractivity contribution in [1.82, 2.24) is 0 Å². The first-order chi connectivity index (χ1) is 7.38. The number of aryl methyl sites for hydroxylation is 1. The monoisotopic (exact) mass is 243 g/mol. The average molecular weight is 243 g/mol. The first-order valence-electron chi connectivity index (χ1n) is 5.11. The van der Waals surface area contributed by atoms with E-state index in [2.05, 4.69) is 0 Å². The minimum atomic E-state index is -3.84. The van der Waals surface area contributed by atoms with E-state index >= 15 is 0 Å². The zero-order valence-corrected chi connectivity index (χ0v) is 10.4. The molecular formula is C11H17NO3S. The molecule has 0 aromatic heterocycles. The lowest BCUT2D eigenvalue weighted by Crippen LogP contribution is -2.21. The molecule has 0 atom stereocenters. The highest BCUT2D eigenvalue weighted by Gasteiger charge is 2.06. The smallest absolute Gasteiger partial charge is 0.264 e. The maximum absolute atomic E-state index is 10.5. The van der Waals surface area contributed by atoms with Gasteiger partial charge >= 0.3 is 0 Å². The van der Waals surface area contributed by atoms with Gasteiger partial charge in [-0.3, -0.25) is 4.55 Å². The van der Waals surface area contributed by atoms with Crippen LogP contribution in [0.25, 0.3) is 0 Å². The van der Waals surface area contributed by atoms with Crippen molar-refractivity contribution in [2.24, 2.45) is 0 Å². The highest BCUT2D eigenvalue weighted by molar-refractivity contribution is 7.85. The Morgan fingerprint density at radius 3 is 2.62 bits per heavy atom. The van der Waals surface area contributed by atoms with Gasteiger partial charge in [0.05, 0.1) is 5.75 Å². The molecule has 0 aliphatic rings. The molecule has 0 spiro atoms. The zero-order chi connectivity index (χ0) is 12.2. The Kier molecular flexibility index (Phi) is 4.32. The Labute approximate surface area is 96.6 Å². The van der Waals surface area contributed by atoms with E-state index in [1.165, 1.54) is 5.56 Å². The molecule has 90 valence electrons. The van der Waals surface area contributed by atoms with Crippen molar-refractivity contribution < 1.29 is 13.0 Å². The van der Waals surface area contributed by atoms with Crippen LogP contribution in [0.4, 0.5) is 5.69 Å². The molecule has 0 saturated carbocycles. The number of rotatable bonds is 5. The van der Waals surface area contributed by atoms with Crippen LogP contribution in [0.2, 0.25) is 0 Å². The second kappa shape index (κ2) is 5.32. The molecule has 0 heterocycles. The lowest BCUT2D eigenvalue weighted by Gasteiger charge is -2.19. The lowest BCUT2D eigenvalue weighted by molar-refractivity contribution is 0.481. The predicted molar refractivity (Wildman–Crippen MR) is 65.5 cm³/mol. The Hall–Kier alpha value is -1.07. The summed E-state index contributed by atoms with van der Waals surface area (Å²) in [6, 6.07) is 7.98. The molecule has 5 heteroatoms. The van der Waals surface area contributed by atoms with E-state index in [0.29, 0.717) is 13.0 Å². The summed E-state index contributed by atoms with van der Waals surface area (Å²) in [6.45, 7) is 2.61. The molecule has 0 bridgehead atoms. The molecule has 0 unspecified atom stereocenters. The highest BCUT2D eigenvalue weighted by atomic mass is 32.2. The van der Waals surface area contributed by atoms with Crippen LogP contribution < -0.4 is 4.90 Å². The summed E-state index contributed by atoms with van der Waals surface area (Å²) >= 11 is 0. The van der Waals surface area contributed by atoms with E-state index in [1.807, 2.05) is 43.1 Å². The van der Waals surface area contributed by atoms with Gasteiger partial charge in [-0.1, -0.05) is 12.1 Å². The van der Waals surface area contributed by atoms with Crippen LogP contribution in [0.5, 0.6) is 0 Å². The van der Waals surface area contributed by atoms with Gasteiger partial charge in [0.15, 0.2) is 0 Å². The largest absolute Gasteiger partial charge is 0.375 e. The fourth-order valence-corrected chi connectivity index (χ4v) is 1.97. The Bertz CT molecular complexity index is 442. The van der Waals surface area contributed by atoms with Crippen molar-refractivity contribution in [3.05, 3.63) is 29.8 Å². The van der Waals surface area contributed by atoms with Gasteiger partial charge in [-0.15, -0.1) is 0 Å². The first kappa shape index (κ1) is 13.0. The highest BCUT2D eigenvalue weighted by Crippen LogP contribution is 2.14. The standard InChI is InChI=1S/C11H17NO3S/c1-10-5-3-6-11(9-10)12(2)7-4-8-16(13,14)15/h3,5-6,9H,4,7-8H2,1-2H3,(H,13,14,15). The van der Waals surface area contributed by atoms with Gasteiger partial charge in [0.1, 0.15) is 0 Å². The van der Waals surface area contributed by atoms with Crippen LogP contribution in [0, 0.1) is 6.92 Å². The van der Waals surface area contributed by atoms with E-state index in [0.717, 1.165) is 5.69 Å². The Morgan fingerprint density at radius 1 is 1.38 bits per heavy atom. The van der Waals surface area contributed by atoms with Crippen LogP contribution in [0.15, 0.2) is 24.3 Å². The van der Waals surface area contributed by atoms with Crippen molar-refractivity contribution in [1.29, 1.82) is 0 Å². The van der Waals surface area contributed by atoms with Crippen LogP contribution in [0.3, 0.4) is 0 Å². The quantitative estimate of drug-likeness (QED) is 0.800. The number of nitrogens with zero attached hydrogens (tertiary/aromatic N) is 1. The van der Waals surface area contributed by atoms with Gasteiger partial charge < -0.3 is 4.90 Å². The fourth-order valence-electron chi connectivity index (χ4n) is 1.48. The van der Waals surface area contributed by atoms with Crippen molar-refractivity contribution >= 4 is 15.8 Å². The van der Waals surface area contributed by atoms with E-state index in [1.54, 1.807) is 0 Å². The summed E-state index contributed by atoms with van der Waals surface area (Å²) in [7, 11) is -1.94. The average Bonchev–Trinajstić information content (AvgIpc) is 2.15. The van der Waals surface area contributed by atoms with Crippen LogP contribution in [0.1, 0.15) is 12.0 Å². The van der Waals surface area contributed by atoms with Crippen molar-refractivity contribution in [3.8, 4) is 0 Å². The second-order valence-electron chi connectivity index (χ2n) is 3.90. The first-order valence-corrected chi connectivity index (χ1v) is 6.72. The molecule has 1 N–H and O–H groups in total. The molecule has 0 fully saturated rings. The third-order valence-electron chi connectivity index (χ3n) is 2.34. The maximum Gasteiger partial charge on any atom is 0.264 e. The molecule has 0 saturated heterocycles. The van der Waals surface area contributed by atoms with E-state index in [-0.39, 0.29) is 5.75 Å². The third-order valence-corrected chi connectivity index (χ3v) is 3.14. The SMILES string of the molecule is Cc1cccc(N(C)CCCS(=O)(=O)O)c1. The molecular weight excluding hydrogens is 226 g/mol. The topological polar surface area (TPSA) is 57.6 Å². The van der Waals surface area contributed by atoms with Crippen LogP contribution >= 0.6 is 0 Å². The number of hydrogen-bond donors (Lipinski definition) is 1. The summed E-state index contributed by atoms with van der Waals surface area (Å²) in [6.07, 6.45) is 0.420. The number of benzene rings is 1. The second-order valence-corrected chi connectivity index (χ2v) is 5.47. The molecule has 0 amide bonds. The molecule has 0 aliphatic carbocycles. The van der Waals surface area contributed by atoms with Crippen molar-refractivity contribution in [3.63, 3.8) is 0 Å². The zero-order valence-electron chi connectivity index (χ0n) is 9.55. The molecule has 1 aromatic carbocycles. The van der Waals surface area contributed by atoms with E-state index in [4.69, 9.17) is 4.55 Å². The molecule has 4 nitrogen and oxygen atoms in total. The van der Waals surface area contributed by atoms with Gasteiger partial charge in [-0.2, -0.15) is 8.42 Å². The molecule has 0 aliphatic heterocycles. The summed E-state index contributed by atoms with van der Waals surface area (Å²) in [5.41, 5.74) is 2.22. The van der Waals surface area contributed by atoms with Gasteiger partial charge in [0.2, 0.25) is 0 Å². The molecule has 16 heavy (non-hydrogen) atoms. The normalized spacial score (nSPS) is 11.4. The minimum Gasteiger partial charge on any atom is -0.375 e. The number of hydrogen-bond acceptors (Lipinski definition) is 3. The summed E-state index contributed by atoms with van der Waals surface area (Å²) in [4.78, 5) is 1.97. The Balaban J connectivity index is 2.50.